The molecule has 1 aliphatic rings. The molecule has 0 radical (unpaired) electrons. The Morgan fingerprint density at radius 1 is 1.14 bits per heavy atom. The summed E-state index contributed by atoms with van der Waals surface area (Å²) in [5, 5.41) is 2.72. The molecule has 3 amide bonds. The van der Waals surface area contributed by atoms with Crippen LogP contribution in [0.5, 0.6) is 0 Å². The molecular formula is C17H22N2O3. The number of hydrogen-bond acceptors (Lipinski definition) is 3. The van der Waals surface area contributed by atoms with Gasteiger partial charge in [0.2, 0.25) is 17.7 Å². The van der Waals surface area contributed by atoms with Crippen LogP contribution < -0.4 is 5.32 Å². The maximum atomic E-state index is 12.7. The normalized spacial score (nSPS) is 21.1. The summed E-state index contributed by atoms with van der Waals surface area (Å²) in [5.41, 5.74) is -1.09. The zero-order chi connectivity index (χ0) is 16.7. The van der Waals surface area contributed by atoms with E-state index in [1.54, 1.807) is 58.9 Å². The Balaban J connectivity index is 2.32. The standard InChI is InChI=1S/C17H22N2O3/c1-16(2,3)19-14(21)12(17(4,5)15(19)22)13(20)18-11-9-7-6-8-10-11/h6-10,12H,1-5H3,(H,18,20). The molecule has 1 saturated heterocycles. The van der Waals surface area contributed by atoms with E-state index in [9.17, 15) is 14.4 Å². The predicted octanol–water partition coefficient (Wildman–Crippen LogP) is 2.43. The van der Waals surface area contributed by atoms with Gasteiger partial charge < -0.3 is 5.32 Å². The molecule has 1 N–H and O–H groups in total. The van der Waals surface area contributed by atoms with Crippen molar-refractivity contribution in [3.05, 3.63) is 30.3 Å². The number of imide groups is 1. The van der Waals surface area contributed by atoms with Crippen molar-refractivity contribution < 1.29 is 14.4 Å². The van der Waals surface area contributed by atoms with E-state index >= 15 is 0 Å². The summed E-state index contributed by atoms with van der Waals surface area (Å²) in [7, 11) is 0. The number of nitrogens with zero attached hydrogens (tertiary/aromatic N) is 1. The molecule has 118 valence electrons. The van der Waals surface area contributed by atoms with E-state index in [2.05, 4.69) is 5.32 Å². The van der Waals surface area contributed by atoms with Crippen LogP contribution in [-0.2, 0) is 14.4 Å². The summed E-state index contributed by atoms with van der Waals surface area (Å²) < 4.78 is 0. The smallest absolute Gasteiger partial charge is 0.243 e. The molecule has 22 heavy (non-hydrogen) atoms. The van der Waals surface area contributed by atoms with Gasteiger partial charge in [0.25, 0.3) is 0 Å². The van der Waals surface area contributed by atoms with E-state index in [1.165, 1.54) is 4.90 Å². The molecule has 1 atom stereocenters. The van der Waals surface area contributed by atoms with Crippen molar-refractivity contribution in [1.82, 2.24) is 4.90 Å². The molecular weight excluding hydrogens is 280 g/mol. The lowest BCUT2D eigenvalue weighted by Crippen LogP contribution is -2.46. The fourth-order valence-corrected chi connectivity index (χ4v) is 2.76. The first-order chi connectivity index (χ1) is 10.1. The molecule has 5 heteroatoms. The van der Waals surface area contributed by atoms with Crippen LogP contribution in [0.2, 0.25) is 0 Å². The Kier molecular flexibility index (Phi) is 3.85. The second-order valence-electron chi connectivity index (χ2n) is 7.16. The van der Waals surface area contributed by atoms with Gasteiger partial charge in [-0.25, -0.2) is 0 Å². The van der Waals surface area contributed by atoms with Crippen LogP contribution in [0.3, 0.4) is 0 Å². The maximum absolute atomic E-state index is 12.7. The first-order valence-corrected chi connectivity index (χ1v) is 7.31. The van der Waals surface area contributed by atoms with Gasteiger partial charge in [0.05, 0.1) is 5.41 Å². The quantitative estimate of drug-likeness (QED) is 0.674. The third-order valence-corrected chi connectivity index (χ3v) is 3.92. The SMILES string of the molecule is CC1(C)C(=O)N(C(C)(C)C)C(=O)C1C(=O)Nc1ccccc1. The summed E-state index contributed by atoms with van der Waals surface area (Å²) in [4.78, 5) is 39.0. The Labute approximate surface area is 130 Å². The van der Waals surface area contributed by atoms with E-state index < -0.39 is 28.7 Å². The van der Waals surface area contributed by atoms with E-state index in [-0.39, 0.29) is 5.91 Å². The van der Waals surface area contributed by atoms with Crippen molar-refractivity contribution in [3.8, 4) is 0 Å². The monoisotopic (exact) mass is 302 g/mol. The van der Waals surface area contributed by atoms with E-state index in [4.69, 9.17) is 0 Å². The third-order valence-electron chi connectivity index (χ3n) is 3.92. The minimum absolute atomic E-state index is 0.307. The van der Waals surface area contributed by atoms with E-state index in [0.717, 1.165) is 0 Å². The minimum Gasteiger partial charge on any atom is -0.325 e. The zero-order valence-corrected chi connectivity index (χ0v) is 13.6. The Hall–Kier alpha value is -2.17. The number of anilines is 1. The number of nitrogens with one attached hydrogen (secondary N) is 1. The Morgan fingerprint density at radius 3 is 2.14 bits per heavy atom. The highest BCUT2D eigenvalue weighted by molar-refractivity contribution is 6.19. The average molecular weight is 302 g/mol. The fraction of sp³-hybridized carbons (Fsp3) is 0.471. The molecule has 0 spiro atoms. The van der Waals surface area contributed by atoms with Gasteiger partial charge in [-0.3, -0.25) is 19.3 Å². The van der Waals surface area contributed by atoms with Crippen molar-refractivity contribution >= 4 is 23.4 Å². The average Bonchev–Trinajstić information content (AvgIpc) is 2.55. The molecule has 1 unspecified atom stereocenters. The Morgan fingerprint density at radius 2 is 1.68 bits per heavy atom. The number of para-hydroxylation sites is 1. The molecule has 5 nitrogen and oxygen atoms in total. The van der Waals surface area contributed by atoms with Gasteiger partial charge >= 0.3 is 0 Å². The van der Waals surface area contributed by atoms with Crippen molar-refractivity contribution in [2.24, 2.45) is 11.3 Å². The molecule has 0 saturated carbocycles. The summed E-state index contributed by atoms with van der Waals surface area (Å²) in [6.45, 7) is 8.66. The van der Waals surface area contributed by atoms with Gasteiger partial charge in [0.15, 0.2) is 0 Å². The van der Waals surface area contributed by atoms with Crippen molar-refractivity contribution in [2.75, 3.05) is 5.32 Å². The van der Waals surface area contributed by atoms with Crippen LogP contribution in [0.1, 0.15) is 34.6 Å². The number of rotatable bonds is 2. The molecule has 0 aromatic heterocycles. The zero-order valence-electron chi connectivity index (χ0n) is 13.6. The third kappa shape index (κ3) is 2.63. The Bertz CT molecular complexity index is 615. The van der Waals surface area contributed by atoms with Crippen LogP contribution >= 0.6 is 0 Å². The second kappa shape index (κ2) is 5.23. The largest absolute Gasteiger partial charge is 0.325 e. The number of hydrogen-bond donors (Lipinski definition) is 1. The van der Waals surface area contributed by atoms with Gasteiger partial charge in [-0.2, -0.15) is 0 Å². The van der Waals surface area contributed by atoms with Crippen molar-refractivity contribution in [1.29, 1.82) is 0 Å². The number of benzene rings is 1. The number of likely N-dealkylation sites (tertiary alicyclic amines) is 1. The first-order valence-electron chi connectivity index (χ1n) is 7.31. The molecule has 0 bridgehead atoms. The molecule has 1 aromatic rings. The van der Waals surface area contributed by atoms with Crippen molar-refractivity contribution in [2.45, 2.75) is 40.2 Å². The van der Waals surface area contributed by atoms with Crippen LogP contribution in [0.4, 0.5) is 5.69 Å². The van der Waals surface area contributed by atoms with Crippen molar-refractivity contribution in [3.63, 3.8) is 0 Å². The maximum Gasteiger partial charge on any atom is 0.243 e. The van der Waals surface area contributed by atoms with Crippen LogP contribution in [0.25, 0.3) is 0 Å². The lowest BCUT2D eigenvalue weighted by molar-refractivity contribution is -0.146. The highest BCUT2D eigenvalue weighted by Crippen LogP contribution is 2.41. The van der Waals surface area contributed by atoms with E-state index in [0.29, 0.717) is 5.69 Å². The minimum atomic E-state index is -1.05. The number of amides is 3. The summed E-state index contributed by atoms with van der Waals surface area (Å²) in [6.07, 6.45) is 0. The van der Waals surface area contributed by atoms with Crippen LogP contribution in [0, 0.1) is 11.3 Å². The summed E-state index contributed by atoms with van der Waals surface area (Å²) in [6, 6.07) is 8.92. The van der Waals surface area contributed by atoms with E-state index in [1.807, 2.05) is 6.07 Å². The van der Waals surface area contributed by atoms with Gasteiger partial charge in [-0.05, 0) is 46.8 Å². The van der Waals surface area contributed by atoms with Gasteiger partial charge in [0.1, 0.15) is 5.92 Å². The highest BCUT2D eigenvalue weighted by Gasteiger charge is 2.59. The fourth-order valence-electron chi connectivity index (χ4n) is 2.76. The lowest BCUT2D eigenvalue weighted by atomic mass is 9.80. The molecule has 1 heterocycles. The topological polar surface area (TPSA) is 66.5 Å². The number of carbonyl (C=O) groups is 3. The summed E-state index contributed by atoms with van der Waals surface area (Å²) in [5.74, 6) is -2.20. The predicted molar refractivity (Wildman–Crippen MR) is 83.9 cm³/mol. The highest BCUT2D eigenvalue weighted by atomic mass is 16.2. The summed E-state index contributed by atoms with van der Waals surface area (Å²) >= 11 is 0. The van der Waals surface area contributed by atoms with Crippen LogP contribution in [-0.4, -0.2) is 28.2 Å². The first kappa shape index (κ1) is 16.2. The molecule has 0 aliphatic carbocycles. The molecule has 2 rings (SSSR count). The van der Waals surface area contributed by atoms with Crippen LogP contribution in [0.15, 0.2) is 30.3 Å². The number of carbonyl (C=O) groups excluding carboxylic acids is 3. The molecule has 1 fully saturated rings. The van der Waals surface area contributed by atoms with Gasteiger partial charge in [-0.15, -0.1) is 0 Å². The van der Waals surface area contributed by atoms with Gasteiger partial charge in [0, 0.05) is 11.2 Å². The molecule has 1 aromatic carbocycles. The molecule has 1 aliphatic heterocycles. The second-order valence-corrected chi connectivity index (χ2v) is 7.16. The lowest BCUT2D eigenvalue weighted by Gasteiger charge is -2.30. The van der Waals surface area contributed by atoms with Gasteiger partial charge in [-0.1, -0.05) is 18.2 Å².